The molecule has 0 fully saturated rings. The molecule has 0 radical (unpaired) electrons. The van der Waals surface area contributed by atoms with Crippen molar-refractivity contribution in [2.75, 3.05) is 19.3 Å². The second-order valence-electron chi connectivity index (χ2n) is 4.29. The van der Waals surface area contributed by atoms with Gasteiger partial charge in [-0.15, -0.1) is 0 Å². The fourth-order valence-corrected chi connectivity index (χ4v) is 2.87. The van der Waals surface area contributed by atoms with E-state index in [4.69, 9.17) is 5.26 Å². The molecule has 1 rings (SSSR count). The van der Waals surface area contributed by atoms with Gasteiger partial charge in [0.05, 0.1) is 23.3 Å². The third kappa shape index (κ3) is 4.84. The van der Waals surface area contributed by atoms with E-state index in [1.54, 1.807) is 7.05 Å². The van der Waals surface area contributed by atoms with Gasteiger partial charge in [0, 0.05) is 30.7 Å². The summed E-state index contributed by atoms with van der Waals surface area (Å²) in [4.78, 5) is 14.1. The highest BCUT2D eigenvalue weighted by atomic mass is 32.2. The number of benzene rings is 1. The highest BCUT2D eigenvalue weighted by molar-refractivity contribution is 7.85. The van der Waals surface area contributed by atoms with Gasteiger partial charge < -0.3 is 4.90 Å². The van der Waals surface area contributed by atoms with Gasteiger partial charge in [-0.2, -0.15) is 5.26 Å². The summed E-state index contributed by atoms with van der Waals surface area (Å²) in [7, 11) is 0.513. The molecule has 1 atom stereocenters. The number of aryl methyl sites for hydroxylation is 1. The maximum Gasteiger partial charge on any atom is 0.223 e. The van der Waals surface area contributed by atoms with Crippen LogP contribution in [-0.4, -0.2) is 34.4 Å². The number of carbonyl (C=O) groups is 1. The van der Waals surface area contributed by atoms with Gasteiger partial charge in [0.15, 0.2) is 0 Å². The Morgan fingerprint density at radius 2 is 2.11 bits per heavy atom. The molecular weight excluding hydrogens is 260 g/mol. The molecule has 5 heteroatoms. The summed E-state index contributed by atoms with van der Waals surface area (Å²) >= 11 is 0. The predicted octanol–water partition coefficient (Wildman–Crippen LogP) is 1.86. The molecule has 1 aromatic rings. The van der Waals surface area contributed by atoms with Gasteiger partial charge >= 0.3 is 0 Å². The molecule has 0 aliphatic carbocycles. The van der Waals surface area contributed by atoms with E-state index in [-0.39, 0.29) is 12.3 Å². The molecule has 0 heterocycles. The molecule has 0 aliphatic heterocycles. The first kappa shape index (κ1) is 15.4. The number of nitrogens with zero attached hydrogens (tertiary/aromatic N) is 2. The lowest BCUT2D eigenvalue weighted by Gasteiger charge is -2.15. The monoisotopic (exact) mass is 278 g/mol. The van der Waals surface area contributed by atoms with Crippen LogP contribution in [0, 0.1) is 18.3 Å². The van der Waals surface area contributed by atoms with Crippen LogP contribution in [0.4, 0.5) is 0 Å². The van der Waals surface area contributed by atoms with Crippen LogP contribution in [0.5, 0.6) is 0 Å². The molecule has 4 nitrogen and oxygen atoms in total. The molecule has 0 saturated heterocycles. The van der Waals surface area contributed by atoms with Crippen LogP contribution in [0.3, 0.4) is 0 Å². The van der Waals surface area contributed by atoms with Gasteiger partial charge in [-0.3, -0.25) is 9.00 Å². The van der Waals surface area contributed by atoms with Gasteiger partial charge in [0.25, 0.3) is 0 Å². The van der Waals surface area contributed by atoms with Crippen molar-refractivity contribution in [2.24, 2.45) is 0 Å². The standard InChI is InChI=1S/C14H18N2O2S/c1-12-6-3-4-7-13(12)19(18)11-8-14(17)16(2)10-5-9-15/h3-4,6-7H,5,8,10-11H2,1-2H3. The highest BCUT2D eigenvalue weighted by Gasteiger charge is 2.12. The molecule has 1 amide bonds. The Bertz CT molecular complexity index is 508. The minimum atomic E-state index is -1.15. The Labute approximate surface area is 116 Å². The number of nitriles is 1. The lowest BCUT2D eigenvalue weighted by molar-refractivity contribution is -0.129. The minimum Gasteiger partial charge on any atom is -0.345 e. The molecular formula is C14H18N2O2S. The van der Waals surface area contributed by atoms with Gasteiger partial charge in [-0.1, -0.05) is 18.2 Å². The van der Waals surface area contributed by atoms with Crippen LogP contribution >= 0.6 is 0 Å². The van der Waals surface area contributed by atoms with Crippen molar-refractivity contribution >= 4 is 16.7 Å². The van der Waals surface area contributed by atoms with Crippen molar-refractivity contribution in [3.05, 3.63) is 29.8 Å². The average Bonchev–Trinajstić information content (AvgIpc) is 2.42. The van der Waals surface area contributed by atoms with Crippen LogP contribution in [-0.2, 0) is 15.6 Å². The maximum atomic E-state index is 12.1. The van der Waals surface area contributed by atoms with Gasteiger partial charge in [-0.05, 0) is 18.6 Å². The van der Waals surface area contributed by atoms with Crippen molar-refractivity contribution in [1.82, 2.24) is 4.90 Å². The second kappa shape index (κ2) is 7.70. The van der Waals surface area contributed by atoms with Crippen molar-refractivity contribution in [2.45, 2.75) is 24.7 Å². The van der Waals surface area contributed by atoms with E-state index in [1.165, 1.54) is 4.90 Å². The third-order valence-corrected chi connectivity index (χ3v) is 4.35. The zero-order valence-corrected chi connectivity index (χ0v) is 12.1. The first-order valence-corrected chi connectivity index (χ1v) is 7.43. The fourth-order valence-electron chi connectivity index (χ4n) is 1.64. The van der Waals surface area contributed by atoms with Gasteiger partial charge in [-0.25, -0.2) is 0 Å². The molecule has 0 N–H and O–H groups in total. The van der Waals surface area contributed by atoms with Crippen molar-refractivity contribution < 1.29 is 9.00 Å². The summed E-state index contributed by atoms with van der Waals surface area (Å²) < 4.78 is 12.1. The highest BCUT2D eigenvalue weighted by Crippen LogP contribution is 2.13. The maximum absolute atomic E-state index is 12.1. The van der Waals surface area contributed by atoms with E-state index >= 15 is 0 Å². The van der Waals surface area contributed by atoms with Crippen molar-refractivity contribution in [3.8, 4) is 6.07 Å². The van der Waals surface area contributed by atoms with Crippen LogP contribution < -0.4 is 0 Å². The van der Waals surface area contributed by atoms with Gasteiger partial charge in [0.1, 0.15) is 0 Å². The first-order chi connectivity index (χ1) is 9.06. The Balaban J connectivity index is 2.49. The van der Waals surface area contributed by atoms with Crippen LogP contribution in [0.1, 0.15) is 18.4 Å². The Morgan fingerprint density at radius 1 is 1.42 bits per heavy atom. The summed E-state index contributed by atoms with van der Waals surface area (Å²) in [6.45, 7) is 2.33. The lowest BCUT2D eigenvalue weighted by Crippen LogP contribution is -2.28. The molecule has 1 aromatic carbocycles. The number of hydrogen-bond donors (Lipinski definition) is 0. The normalized spacial score (nSPS) is 11.6. The third-order valence-electron chi connectivity index (χ3n) is 2.82. The van der Waals surface area contributed by atoms with Crippen LogP contribution in [0.15, 0.2) is 29.2 Å². The second-order valence-corrected chi connectivity index (χ2v) is 5.83. The fraction of sp³-hybridized carbons (Fsp3) is 0.429. The Kier molecular flexibility index (Phi) is 6.23. The van der Waals surface area contributed by atoms with Crippen LogP contribution in [0.2, 0.25) is 0 Å². The summed E-state index contributed by atoms with van der Waals surface area (Å²) in [5, 5.41) is 8.46. The number of hydrogen-bond acceptors (Lipinski definition) is 3. The quantitative estimate of drug-likeness (QED) is 0.798. The summed E-state index contributed by atoms with van der Waals surface area (Å²) in [6.07, 6.45) is 0.562. The largest absolute Gasteiger partial charge is 0.345 e. The van der Waals surface area contributed by atoms with Crippen LogP contribution in [0.25, 0.3) is 0 Å². The molecule has 102 valence electrons. The summed E-state index contributed by atoms with van der Waals surface area (Å²) in [5.74, 6) is 0.248. The number of rotatable bonds is 6. The van der Waals surface area contributed by atoms with E-state index in [0.29, 0.717) is 18.7 Å². The van der Waals surface area contributed by atoms with Gasteiger partial charge in [0.2, 0.25) is 5.91 Å². The molecule has 1 unspecified atom stereocenters. The number of carbonyl (C=O) groups excluding carboxylic acids is 1. The minimum absolute atomic E-state index is 0.0721. The van der Waals surface area contributed by atoms with E-state index in [1.807, 2.05) is 37.3 Å². The Morgan fingerprint density at radius 3 is 2.74 bits per heavy atom. The van der Waals surface area contributed by atoms with Crippen molar-refractivity contribution in [3.63, 3.8) is 0 Å². The zero-order chi connectivity index (χ0) is 14.3. The molecule has 0 aliphatic rings. The Hall–Kier alpha value is -1.67. The zero-order valence-electron chi connectivity index (χ0n) is 11.3. The summed E-state index contributed by atoms with van der Waals surface area (Å²) in [6, 6.07) is 9.49. The van der Waals surface area contributed by atoms with E-state index in [2.05, 4.69) is 0 Å². The van der Waals surface area contributed by atoms with Crippen molar-refractivity contribution in [1.29, 1.82) is 5.26 Å². The SMILES string of the molecule is Cc1ccccc1S(=O)CCC(=O)N(C)CCC#N. The topological polar surface area (TPSA) is 61.2 Å². The smallest absolute Gasteiger partial charge is 0.223 e. The predicted molar refractivity (Wildman–Crippen MR) is 74.9 cm³/mol. The lowest BCUT2D eigenvalue weighted by atomic mass is 10.2. The summed E-state index contributed by atoms with van der Waals surface area (Å²) in [5.41, 5.74) is 0.978. The molecule has 0 saturated carbocycles. The number of amides is 1. The van der Waals surface area contributed by atoms with E-state index in [0.717, 1.165) is 10.5 Å². The molecule has 19 heavy (non-hydrogen) atoms. The molecule has 0 spiro atoms. The average molecular weight is 278 g/mol. The molecule has 0 aromatic heterocycles. The molecule has 0 bridgehead atoms. The van der Waals surface area contributed by atoms with E-state index < -0.39 is 10.8 Å². The van der Waals surface area contributed by atoms with E-state index in [9.17, 15) is 9.00 Å². The first-order valence-electron chi connectivity index (χ1n) is 6.11.